The van der Waals surface area contributed by atoms with Gasteiger partial charge in [0.05, 0.1) is 0 Å². The van der Waals surface area contributed by atoms with Crippen molar-refractivity contribution in [2.75, 3.05) is 0 Å². The highest BCUT2D eigenvalue weighted by molar-refractivity contribution is 5.84. The summed E-state index contributed by atoms with van der Waals surface area (Å²) in [5.74, 6) is -0.992. The molecule has 0 radical (unpaired) electrons. The van der Waals surface area contributed by atoms with Crippen molar-refractivity contribution >= 4 is 12.0 Å². The summed E-state index contributed by atoms with van der Waals surface area (Å²) in [6.07, 6.45) is 2.03. The van der Waals surface area contributed by atoms with E-state index in [1.807, 2.05) is 0 Å². The zero-order valence-electron chi connectivity index (χ0n) is 8.32. The number of hydrogen-bond acceptors (Lipinski definition) is 6. The van der Waals surface area contributed by atoms with Crippen LogP contribution in [0.1, 0.15) is 5.89 Å². The van der Waals surface area contributed by atoms with E-state index in [0.717, 1.165) is 12.2 Å². The van der Waals surface area contributed by atoms with Gasteiger partial charge in [-0.25, -0.2) is 9.89 Å². The van der Waals surface area contributed by atoms with E-state index in [4.69, 9.17) is 9.52 Å². The smallest absolute Gasteiger partial charge is 0.328 e. The van der Waals surface area contributed by atoms with Crippen LogP contribution in [0, 0.1) is 0 Å². The van der Waals surface area contributed by atoms with Crippen molar-refractivity contribution in [3.8, 4) is 11.6 Å². The summed E-state index contributed by atoms with van der Waals surface area (Å²) in [7, 11) is 0. The molecule has 0 saturated carbocycles. The monoisotopic (exact) mass is 234 g/mol. The Balaban J connectivity index is 2.26. The van der Waals surface area contributed by atoms with E-state index < -0.39 is 5.97 Å². The predicted molar refractivity (Wildman–Crippen MR) is 54.8 cm³/mol. The van der Waals surface area contributed by atoms with Gasteiger partial charge < -0.3 is 9.52 Å². The van der Waals surface area contributed by atoms with E-state index in [9.17, 15) is 9.59 Å². The number of nitrogens with zero attached hydrogens (tertiary/aromatic N) is 3. The number of carboxylic acids is 1. The molecule has 0 spiro atoms. The number of hydrogen-bond donors (Lipinski definition) is 2. The van der Waals surface area contributed by atoms with E-state index >= 15 is 0 Å². The highest BCUT2D eigenvalue weighted by Gasteiger charge is 2.08. The molecule has 0 aliphatic rings. The fourth-order valence-electron chi connectivity index (χ4n) is 1.01. The molecule has 0 amide bonds. The molecule has 0 bridgehead atoms. The number of aromatic amines is 1. The van der Waals surface area contributed by atoms with Gasteiger partial charge >= 0.3 is 5.97 Å². The molecule has 0 atom stereocenters. The van der Waals surface area contributed by atoms with E-state index in [1.54, 1.807) is 0 Å². The second-order valence-electron chi connectivity index (χ2n) is 2.92. The number of H-pyrrole nitrogens is 1. The summed E-state index contributed by atoms with van der Waals surface area (Å²) in [5.41, 5.74) is -0.0497. The minimum atomic E-state index is -1.12. The quantitative estimate of drug-likeness (QED) is 0.712. The molecule has 2 aromatic rings. The maximum absolute atomic E-state index is 10.8. The molecule has 86 valence electrons. The van der Waals surface area contributed by atoms with Crippen LogP contribution in [0.3, 0.4) is 0 Å². The topological polar surface area (TPSA) is 122 Å². The van der Waals surface area contributed by atoms with Crippen LogP contribution in [0.15, 0.2) is 27.4 Å². The summed E-state index contributed by atoms with van der Waals surface area (Å²) in [4.78, 5) is 21.0. The van der Waals surface area contributed by atoms with Gasteiger partial charge in [-0.1, -0.05) is 0 Å². The molecule has 0 saturated heterocycles. The molecule has 2 heterocycles. The van der Waals surface area contributed by atoms with Crippen molar-refractivity contribution < 1.29 is 14.3 Å². The van der Waals surface area contributed by atoms with Gasteiger partial charge in [0.25, 0.3) is 11.4 Å². The van der Waals surface area contributed by atoms with Gasteiger partial charge in [0.15, 0.2) is 0 Å². The van der Waals surface area contributed by atoms with Crippen molar-refractivity contribution in [3.05, 3.63) is 34.5 Å². The Bertz CT molecular complexity index is 607. The van der Waals surface area contributed by atoms with Crippen molar-refractivity contribution in [1.29, 1.82) is 0 Å². The lowest BCUT2D eigenvalue weighted by molar-refractivity contribution is -0.131. The molecule has 0 aliphatic heterocycles. The lowest BCUT2D eigenvalue weighted by atomic mass is 10.4. The molecule has 8 heteroatoms. The van der Waals surface area contributed by atoms with Gasteiger partial charge in [0, 0.05) is 18.2 Å². The van der Waals surface area contributed by atoms with Crippen LogP contribution in [-0.2, 0) is 4.79 Å². The molecular weight excluding hydrogens is 228 g/mol. The van der Waals surface area contributed by atoms with Gasteiger partial charge in [-0.3, -0.25) is 4.79 Å². The lowest BCUT2D eigenvalue weighted by Gasteiger charge is -1.89. The number of aliphatic carboxylic acids is 1. The molecule has 8 nitrogen and oxygen atoms in total. The highest BCUT2D eigenvalue weighted by Crippen LogP contribution is 2.13. The minimum Gasteiger partial charge on any atom is -0.478 e. The molecular formula is C9H6N4O4. The van der Waals surface area contributed by atoms with Gasteiger partial charge in [-0.15, -0.1) is 10.2 Å². The van der Waals surface area contributed by atoms with Gasteiger partial charge in [0.2, 0.25) is 5.89 Å². The molecule has 0 unspecified atom stereocenters. The largest absolute Gasteiger partial charge is 0.478 e. The van der Waals surface area contributed by atoms with Gasteiger partial charge in [0.1, 0.15) is 5.69 Å². The van der Waals surface area contributed by atoms with E-state index in [0.29, 0.717) is 5.69 Å². The van der Waals surface area contributed by atoms with E-state index in [1.165, 1.54) is 12.1 Å². The third-order valence-corrected chi connectivity index (χ3v) is 1.71. The van der Waals surface area contributed by atoms with Crippen molar-refractivity contribution in [1.82, 2.24) is 20.4 Å². The molecule has 0 fully saturated rings. The maximum Gasteiger partial charge on any atom is 0.328 e. The zero-order valence-corrected chi connectivity index (χ0v) is 8.32. The van der Waals surface area contributed by atoms with Crippen LogP contribution in [0.25, 0.3) is 17.7 Å². The normalized spacial score (nSPS) is 10.8. The maximum atomic E-state index is 10.8. The number of aromatic nitrogens is 4. The Morgan fingerprint density at radius 2 is 2.24 bits per heavy atom. The summed E-state index contributed by atoms with van der Waals surface area (Å²) in [6, 6.07) is 2.68. The fraction of sp³-hybridized carbons (Fsp3) is 0. The van der Waals surface area contributed by atoms with Crippen LogP contribution >= 0.6 is 0 Å². The van der Waals surface area contributed by atoms with Crippen molar-refractivity contribution in [2.45, 2.75) is 0 Å². The van der Waals surface area contributed by atoms with Crippen molar-refractivity contribution in [2.24, 2.45) is 0 Å². The number of nitrogens with one attached hydrogen (secondary N) is 1. The SMILES string of the molecule is O=C(O)/C=C/c1nnc(-c2ccc(=O)[nH]n2)o1. The third kappa shape index (κ3) is 2.62. The average Bonchev–Trinajstić information content (AvgIpc) is 2.76. The van der Waals surface area contributed by atoms with Crippen LogP contribution in [0.2, 0.25) is 0 Å². The zero-order chi connectivity index (χ0) is 12.3. The fourth-order valence-corrected chi connectivity index (χ4v) is 1.01. The van der Waals surface area contributed by atoms with E-state index in [-0.39, 0.29) is 17.3 Å². The Kier molecular flexibility index (Phi) is 2.77. The number of rotatable bonds is 3. The minimum absolute atomic E-state index is 0.0374. The average molecular weight is 234 g/mol. The third-order valence-electron chi connectivity index (χ3n) is 1.71. The lowest BCUT2D eigenvalue weighted by Crippen LogP contribution is -2.05. The Labute approximate surface area is 93.6 Å². The van der Waals surface area contributed by atoms with Crippen LogP contribution in [0.4, 0.5) is 0 Å². The summed E-state index contributed by atoms with van der Waals surface area (Å²) < 4.78 is 5.10. The van der Waals surface area contributed by atoms with Gasteiger partial charge in [-0.05, 0) is 6.07 Å². The second-order valence-corrected chi connectivity index (χ2v) is 2.92. The molecule has 0 aromatic carbocycles. The van der Waals surface area contributed by atoms with Gasteiger partial charge in [-0.2, -0.15) is 5.10 Å². The number of carbonyl (C=O) groups is 1. The Morgan fingerprint density at radius 1 is 1.41 bits per heavy atom. The summed E-state index contributed by atoms with van der Waals surface area (Å²) in [6.45, 7) is 0. The van der Waals surface area contributed by atoms with E-state index in [2.05, 4.69) is 20.4 Å². The first-order valence-corrected chi connectivity index (χ1v) is 4.46. The first-order valence-electron chi connectivity index (χ1n) is 4.46. The Hall–Kier alpha value is -2.77. The summed E-state index contributed by atoms with van der Waals surface area (Å²) >= 11 is 0. The van der Waals surface area contributed by atoms with Crippen LogP contribution in [-0.4, -0.2) is 31.5 Å². The van der Waals surface area contributed by atoms with Crippen LogP contribution < -0.4 is 5.56 Å². The first kappa shape index (κ1) is 10.7. The number of carboxylic acid groups (broad SMARTS) is 1. The van der Waals surface area contributed by atoms with Crippen LogP contribution in [0.5, 0.6) is 0 Å². The molecule has 0 aliphatic carbocycles. The predicted octanol–water partition coefficient (Wildman–Crippen LogP) is -0.0823. The summed E-state index contributed by atoms with van der Waals surface area (Å²) in [5, 5.41) is 21.5. The highest BCUT2D eigenvalue weighted by atomic mass is 16.4. The second kappa shape index (κ2) is 4.39. The Morgan fingerprint density at radius 3 is 2.88 bits per heavy atom. The van der Waals surface area contributed by atoms with Crippen molar-refractivity contribution in [3.63, 3.8) is 0 Å². The molecule has 17 heavy (non-hydrogen) atoms. The first-order chi connectivity index (χ1) is 8.15. The molecule has 2 aromatic heterocycles. The molecule has 2 rings (SSSR count). The molecule has 2 N–H and O–H groups in total. The standard InChI is InChI=1S/C9H6N4O4/c14-6-2-1-5(10-11-6)9-13-12-7(17-9)3-4-8(15)16/h1-4H,(H,11,14)(H,15,16)/b4-3+.